The Morgan fingerprint density at radius 1 is 0.762 bits per heavy atom. The Kier molecular flexibility index (Phi) is 4.45. The molecule has 0 aliphatic rings. The molecule has 0 aliphatic heterocycles. The molecule has 2 rings (SSSR count). The van der Waals surface area contributed by atoms with E-state index in [4.69, 9.17) is 0 Å². The second kappa shape index (κ2) is 5.82. The van der Waals surface area contributed by atoms with Gasteiger partial charge in [0.25, 0.3) is 0 Å². The second-order valence-corrected chi connectivity index (χ2v) is 17.7. The van der Waals surface area contributed by atoms with E-state index in [1.165, 1.54) is 0 Å². The van der Waals surface area contributed by atoms with Crippen LogP contribution in [0.5, 0.6) is 11.5 Å². The number of phenolic OH excluding ortho intramolecular Hbond substituents is 2. The van der Waals surface area contributed by atoms with E-state index in [-0.39, 0.29) is 0 Å². The van der Waals surface area contributed by atoms with Crippen molar-refractivity contribution in [1.29, 1.82) is 0 Å². The molecule has 0 aromatic heterocycles. The lowest BCUT2D eigenvalue weighted by Gasteiger charge is -2.32. The molecule has 0 fully saturated rings. The van der Waals surface area contributed by atoms with Crippen LogP contribution in [0.2, 0.25) is 19.6 Å². The van der Waals surface area contributed by atoms with E-state index in [1.54, 1.807) is 0 Å². The molecule has 21 heavy (non-hydrogen) atoms. The SMILES string of the molecule is Cc1cccc(P(c2cccc(C)c2O)[Si](C)(C)C)c1O. The molecule has 0 amide bonds. The number of aryl methyl sites for hydroxylation is 2. The van der Waals surface area contributed by atoms with Crippen LogP contribution in [0.25, 0.3) is 0 Å². The van der Waals surface area contributed by atoms with Crippen LogP contribution in [0.3, 0.4) is 0 Å². The van der Waals surface area contributed by atoms with Crippen molar-refractivity contribution in [2.75, 3.05) is 0 Å². The van der Waals surface area contributed by atoms with Crippen molar-refractivity contribution in [1.82, 2.24) is 0 Å². The lowest BCUT2D eigenvalue weighted by molar-refractivity contribution is 0.475. The molecule has 2 aromatic carbocycles. The van der Waals surface area contributed by atoms with Crippen LogP contribution in [0, 0.1) is 13.8 Å². The normalized spacial score (nSPS) is 11.9. The lowest BCUT2D eigenvalue weighted by atomic mass is 10.2. The minimum atomic E-state index is -1.63. The Morgan fingerprint density at radius 2 is 1.14 bits per heavy atom. The average Bonchev–Trinajstić information content (AvgIpc) is 2.38. The van der Waals surface area contributed by atoms with Crippen molar-refractivity contribution in [3.05, 3.63) is 47.5 Å². The van der Waals surface area contributed by atoms with Gasteiger partial charge in [-0.05, 0) is 25.0 Å². The van der Waals surface area contributed by atoms with E-state index in [9.17, 15) is 10.2 Å². The second-order valence-electron chi connectivity index (χ2n) is 6.39. The zero-order valence-corrected chi connectivity index (χ0v) is 15.2. The molecule has 2 nitrogen and oxygen atoms in total. The molecule has 0 unspecified atom stereocenters. The number of hydrogen-bond donors (Lipinski definition) is 2. The minimum absolute atomic E-state index is 0.381. The molecule has 0 saturated carbocycles. The Morgan fingerprint density at radius 3 is 1.48 bits per heavy atom. The summed E-state index contributed by atoms with van der Waals surface area (Å²) in [6, 6.07) is 11.8. The summed E-state index contributed by atoms with van der Waals surface area (Å²) in [4.78, 5) is 0. The predicted octanol–water partition coefficient (Wildman–Crippen LogP) is 3.98. The molecule has 0 aliphatic carbocycles. The molecule has 0 spiro atoms. The largest absolute Gasteiger partial charge is 0.507 e. The van der Waals surface area contributed by atoms with Crippen LogP contribution in [0.15, 0.2) is 36.4 Å². The first-order chi connectivity index (χ1) is 9.73. The van der Waals surface area contributed by atoms with Gasteiger partial charge in [0.15, 0.2) is 0 Å². The third-order valence-electron chi connectivity index (χ3n) is 3.59. The number of aromatic hydroxyl groups is 2. The third-order valence-corrected chi connectivity index (χ3v) is 12.1. The summed E-state index contributed by atoms with van der Waals surface area (Å²) < 4.78 is 0. The molecule has 0 saturated heterocycles. The van der Waals surface area contributed by atoms with Crippen molar-refractivity contribution >= 4 is 25.8 Å². The van der Waals surface area contributed by atoms with E-state index in [2.05, 4.69) is 19.6 Å². The average molecular weight is 318 g/mol. The monoisotopic (exact) mass is 318 g/mol. The van der Waals surface area contributed by atoms with Gasteiger partial charge in [0.05, 0.1) is 7.74 Å². The van der Waals surface area contributed by atoms with Gasteiger partial charge in [-0.3, -0.25) is 0 Å². The topological polar surface area (TPSA) is 40.5 Å². The molecule has 0 atom stereocenters. The smallest absolute Gasteiger partial charge is 0.126 e. The fraction of sp³-hybridized carbons (Fsp3) is 0.294. The van der Waals surface area contributed by atoms with E-state index >= 15 is 0 Å². The third kappa shape index (κ3) is 3.14. The van der Waals surface area contributed by atoms with Gasteiger partial charge >= 0.3 is 0 Å². The Labute approximate surface area is 129 Å². The number of benzene rings is 2. The van der Waals surface area contributed by atoms with Crippen molar-refractivity contribution in [3.63, 3.8) is 0 Å². The van der Waals surface area contributed by atoms with Gasteiger partial charge in [0.1, 0.15) is 11.5 Å². The minimum Gasteiger partial charge on any atom is -0.507 e. The summed E-state index contributed by atoms with van der Waals surface area (Å²) in [5.74, 6) is 0.763. The number of phenols is 2. The maximum absolute atomic E-state index is 10.5. The van der Waals surface area contributed by atoms with Crippen LogP contribution >= 0.6 is 7.47 Å². The molecule has 0 heterocycles. The maximum atomic E-state index is 10.5. The first-order valence-electron chi connectivity index (χ1n) is 7.11. The van der Waals surface area contributed by atoms with Crippen molar-refractivity contribution < 1.29 is 10.2 Å². The first-order valence-corrected chi connectivity index (χ1v) is 12.8. The zero-order chi connectivity index (χ0) is 15.8. The Bertz CT molecular complexity index is 611. The van der Waals surface area contributed by atoms with Crippen LogP contribution in [0.1, 0.15) is 11.1 Å². The summed E-state index contributed by atoms with van der Waals surface area (Å²) in [7, 11) is -2.36. The van der Waals surface area contributed by atoms with Crippen molar-refractivity contribution in [2.24, 2.45) is 0 Å². The number of rotatable bonds is 3. The highest BCUT2D eigenvalue weighted by molar-refractivity contribution is 8.04. The van der Waals surface area contributed by atoms with Gasteiger partial charge in [0.2, 0.25) is 0 Å². The molecule has 2 aromatic rings. The standard InChI is InChI=1S/C17H23O2PSi/c1-12-8-6-10-14(16(12)18)20(21(3,4)5)15-11-7-9-13(2)17(15)19/h6-11,18-19H,1-5H3. The molecule has 0 radical (unpaired) electrons. The summed E-state index contributed by atoms with van der Waals surface area (Å²) in [6.07, 6.45) is 0. The first kappa shape index (κ1) is 16.1. The molecule has 4 heteroatoms. The van der Waals surface area contributed by atoms with Gasteiger partial charge in [-0.15, -0.1) is 0 Å². The lowest BCUT2D eigenvalue weighted by Crippen LogP contribution is -2.31. The van der Waals surface area contributed by atoms with E-state index < -0.39 is 15.2 Å². The quantitative estimate of drug-likeness (QED) is 0.664. The van der Waals surface area contributed by atoms with E-state index in [0.29, 0.717) is 11.5 Å². The summed E-state index contributed by atoms with van der Waals surface area (Å²) >= 11 is 0. The van der Waals surface area contributed by atoms with E-state index in [1.807, 2.05) is 50.2 Å². The summed E-state index contributed by atoms with van der Waals surface area (Å²) in [5.41, 5.74) is 1.79. The maximum Gasteiger partial charge on any atom is 0.126 e. The molecule has 2 N–H and O–H groups in total. The zero-order valence-electron chi connectivity index (χ0n) is 13.3. The summed E-state index contributed by atoms with van der Waals surface area (Å²) in [5, 5.41) is 23.0. The highest BCUT2D eigenvalue weighted by Crippen LogP contribution is 2.49. The van der Waals surface area contributed by atoms with Crippen LogP contribution in [-0.4, -0.2) is 18.0 Å². The highest BCUT2D eigenvalue weighted by atomic mass is 31.4. The molecular formula is C17H23O2PSi. The highest BCUT2D eigenvalue weighted by Gasteiger charge is 2.33. The van der Waals surface area contributed by atoms with Crippen LogP contribution in [-0.2, 0) is 0 Å². The fourth-order valence-corrected chi connectivity index (χ4v) is 10.9. The fourth-order valence-electron chi connectivity index (χ4n) is 2.50. The van der Waals surface area contributed by atoms with Crippen molar-refractivity contribution in [3.8, 4) is 11.5 Å². The summed E-state index contributed by atoms with van der Waals surface area (Å²) in [6.45, 7) is 10.7. The number of para-hydroxylation sites is 2. The van der Waals surface area contributed by atoms with E-state index in [0.717, 1.165) is 21.7 Å². The van der Waals surface area contributed by atoms with Gasteiger partial charge in [-0.25, -0.2) is 0 Å². The Balaban J connectivity index is 2.71. The molecule has 112 valence electrons. The van der Waals surface area contributed by atoms with Gasteiger partial charge in [-0.1, -0.05) is 63.5 Å². The molecule has 0 bridgehead atoms. The molecular weight excluding hydrogens is 295 g/mol. The van der Waals surface area contributed by atoms with Gasteiger partial charge in [-0.2, -0.15) is 0 Å². The predicted molar refractivity (Wildman–Crippen MR) is 95.2 cm³/mol. The van der Waals surface area contributed by atoms with Gasteiger partial charge in [0, 0.05) is 10.6 Å². The Hall–Kier alpha value is -1.31. The van der Waals surface area contributed by atoms with Crippen LogP contribution in [0.4, 0.5) is 0 Å². The van der Waals surface area contributed by atoms with Crippen molar-refractivity contribution in [2.45, 2.75) is 33.5 Å². The van der Waals surface area contributed by atoms with Crippen LogP contribution < -0.4 is 10.6 Å². The van der Waals surface area contributed by atoms with Gasteiger partial charge < -0.3 is 10.2 Å². The number of hydrogen-bond acceptors (Lipinski definition) is 2.